The molecule has 1 aromatic carbocycles. The van der Waals surface area contributed by atoms with Crippen molar-refractivity contribution in [3.63, 3.8) is 0 Å². The molecule has 1 rings (SSSR count). The number of rotatable bonds is 3. The summed E-state index contributed by atoms with van der Waals surface area (Å²) in [4.78, 5) is 12.8. The van der Waals surface area contributed by atoms with Crippen molar-refractivity contribution in [1.82, 2.24) is 0 Å². The van der Waals surface area contributed by atoms with Crippen molar-refractivity contribution in [2.24, 2.45) is 0 Å². The molecule has 1 aromatic rings. The van der Waals surface area contributed by atoms with Crippen molar-refractivity contribution < 1.29 is 4.79 Å². The first-order chi connectivity index (χ1) is 6.57. The molecule has 0 saturated carbocycles. The van der Waals surface area contributed by atoms with Gasteiger partial charge in [0.1, 0.15) is 0 Å². The van der Waals surface area contributed by atoms with Crippen LogP contribution in [-0.4, -0.2) is 19.4 Å². The largest absolute Gasteiger partial charge is 0.370 e. The quantitative estimate of drug-likeness (QED) is 0.717. The standard InChI is InChI=1S/C11H14ClNO/c1-8(2)13(3)11-9(7-14)5-4-6-10(11)12/h4-8H,1-3H3. The Morgan fingerprint density at radius 3 is 2.57 bits per heavy atom. The summed E-state index contributed by atoms with van der Waals surface area (Å²) in [5.74, 6) is 0. The lowest BCUT2D eigenvalue weighted by molar-refractivity contribution is 0.112. The van der Waals surface area contributed by atoms with Gasteiger partial charge in [-0.3, -0.25) is 4.79 Å². The fourth-order valence-corrected chi connectivity index (χ4v) is 1.57. The second kappa shape index (κ2) is 4.47. The summed E-state index contributed by atoms with van der Waals surface area (Å²) in [6, 6.07) is 5.66. The number of para-hydroxylation sites is 1. The Morgan fingerprint density at radius 2 is 2.07 bits per heavy atom. The van der Waals surface area contributed by atoms with Gasteiger partial charge in [0.2, 0.25) is 0 Å². The van der Waals surface area contributed by atoms with Crippen molar-refractivity contribution in [1.29, 1.82) is 0 Å². The fourth-order valence-electron chi connectivity index (χ4n) is 1.26. The SMILES string of the molecule is CC(C)N(C)c1c(Cl)cccc1C=O. The predicted molar refractivity (Wildman–Crippen MR) is 60.4 cm³/mol. The van der Waals surface area contributed by atoms with Crippen molar-refractivity contribution in [2.45, 2.75) is 19.9 Å². The van der Waals surface area contributed by atoms with E-state index in [1.54, 1.807) is 18.2 Å². The molecule has 0 heterocycles. The third-order valence-electron chi connectivity index (χ3n) is 2.27. The third-order valence-corrected chi connectivity index (χ3v) is 2.58. The first-order valence-electron chi connectivity index (χ1n) is 4.54. The van der Waals surface area contributed by atoms with Gasteiger partial charge in [0.15, 0.2) is 6.29 Å². The topological polar surface area (TPSA) is 20.3 Å². The summed E-state index contributed by atoms with van der Waals surface area (Å²) in [5, 5.41) is 0.616. The zero-order chi connectivity index (χ0) is 10.7. The smallest absolute Gasteiger partial charge is 0.152 e. The number of anilines is 1. The first-order valence-corrected chi connectivity index (χ1v) is 4.92. The molecule has 0 amide bonds. The van der Waals surface area contributed by atoms with E-state index in [1.807, 2.05) is 11.9 Å². The Labute approximate surface area is 89.5 Å². The minimum Gasteiger partial charge on any atom is -0.370 e. The number of carbonyl (C=O) groups is 1. The maximum absolute atomic E-state index is 10.8. The summed E-state index contributed by atoms with van der Waals surface area (Å²) in [6.45, 7) is 4.11. The Hall–Kier alpha value is -1.02. The van der Waals surface area contributed by atoms with Crippen LogP contribution in [0.2, 0.25) is 5.02 Å². The van der Waals surface area contributed by atoms with Crippen molar-refractivity contribution in [3.8, 4) is 0 Å². The van der Waals surface area contributed by atoms with Crippen LogP contribution in [-0.2, 0) is 0 Å². The van der Waals surface area contributed by atoms with E-state index in [-0.39, 0.29) is 0 Å². The minimum absolute atomic E-state index is 0.314. The lowest BCUT2D eigenvalue weighted by atomic mass is 10.1. The lowest BCUT2D eigenvalue weighted by Crippen LogP contribution is -2.26. The molecular weight excluding hydrogens is 198 g/mol. The third kappa shape index (κ3) is 2.07. The van der Waals surface area contributed by atoms with Crippen LogP contribution in [0.3, 0.4) is 0 Å². The summed E-state index contributed by atoms with van der Waals surface area (Å²) >= 11 is 6.05. The number of benzene rings is 1. The van der Waals surface area contributed by atoms with Gasteiger partial charge in [-0.05, 0) is 26.0 Å². The van der Waals surface area contributed by atoms with Gasteiger partial charge in [-0.25, -0.2) is 0 Å². The molecule has 0 aromatic heterocycles. The molecule has 0 aliphatic heterocycles. The molecule has 2 nitrogen and oxygen atoms in total. The van der Waals surface area contributed by atoms with Crippen LogP contribution in [0.15, 0.2) is 18.2 Å². The molecule has 0 atom stereocenters. The van der Waals surface area contributed by atoms with Crippen molar-refractivity contribution >= 4 is 23.6 Å². The molecule has 0 N–H and O–H groups in total. The van der Waals surface area contributed by atoms with Gasteiger partial charge in [-0.2, -0.15) is 0 Å². The average Bonchev–Trinajstić information content (AvgIpc) is 2.16. The van der Waals surface area contributed by atoms with Crippen LogP contribution in [0.4, 0.5) is 5.69 Å². The van der Waals surface area contributed by atoms with Gasteiger partial charge in [0.05, 0.1) is 10.7 Å². The van der Waals surface area contributed by atoms with Gasteiger partial charge in [-0.1, -0.05) is 17.7 Å². The number of hydrogen-bond acceptors (Lipinski definition) is 2. The summed E-state index contributed by atoms with van der Waals surface area (Å²) in [5.41, 5.74) is 1.44. The van der Waals surface area contributed by atoms with Crippen molar-refractivity contribution in [2.75, 3.05) is 11.9 Å². The zero-order valence-corrected chi connectivity index (χ0v) is 9.38. The molecule has 76 valence electrons. The Kier molecular flexibility index (Phi) is 3.53. The number of aldehydes is 1. The highest BCUT2D eigenvalue weighted by Crippen LogP contribution is 2.29. The lowest BCUT2D eigenvalue weighted by Gasteiger charge is -2.26. The molecule has 0 aliphatic carbocycles. The van der Waals surface area contributed by atoms with Crippen LogP contribution >= 0.6 is 11.6 Å². The number of nitrogens with zero attached hydrogens (tertiary/aromatic N) is 1. The summed E-state index contributed by atoms with van der Waals surface area (Å²) < 4.78 is 0. The van der Waals surface area contributed by atoms with Crippen LogP contribution in [0.5, 0.6) is 0 Å². The Bertz CT molecular complexity index is 336. The average molecular weight is 212 g/mol. The molecule has 0 radical (unpaired) electrons. The van der Waals surface area contributed by atoms with Gasteiger partial charge >= 0.3 is 0 Å². The van der Waals surface area contributed by atoms with E-state index < -0.39 is 0 Å². The van der Waals surface area contributed by atoms with E-state index in [1.165, 1.54) is 0 Å². The summed E-state index contributed by atoms with van der Waals surface area (Å²) in [7, 11) is 1.93. The molecule has 0 unspecified atom stereocenters. The highest BCUT2D eigenvalue weighted by molar-refractivity contribution is 6.33. The molecule has 0 spiro atoms. The highest BCUT2D eigenvalue weighted by Gasteiger charge is 2.13. The van der Waals surface area contributed by atoms with Gasteiger partial charge in [0, 0.05) is 18.7 Å². The molecule has 14 heavy (non-hydrogen) atoms. The summed E-state index contributed by atoms with van der Waals surface area (Å²) in [6.07, 6.45) is 0.833. The molecule has 0 bridgehead atoms. The molecule has 0 fully saturated rings. The highest BCUT2D eigenvalue weighted by atomic mass is 35.5. The van der Waals surface area contributed by atoms with Gasteiger partial charge in [-0.15, -0.1) is 0 Å². The molecule has 0 saturated heterocycles. The maximum atomic E-state index is 10.8. The van der Waals surface area contributed by atoms with Crippen LogP contribution in [0.25, 0.3) is 0 Å². The van der Waals surface area contributed by atoms with Gasteiger partial charge < -0.3 is 4.90 Å². The van der Waals surface area contributed by atoms with Crippen LogP contribution < -0.4 is 4.90 Å². The van der Waals surface area contributed by atoms with E-state index in [2.05, 4.69) is 13.8 Å². The molecular formula is C11H14ClNO. The molecule has 0 aliphatic rings. The number of carbonyl (C=O) groups excluding carboxylic acids is 1. The molecule has 3 heteroatoms. The van der Waals surface area contributed by atoms with Crippen molar-refractivity contribution in [3.05, 3.63) is 28.8 Å². The predicted octanol–water partition coefficient (Wildman–Crippen LogP) is 3.00. The first kappa shape index (κ1) is 11.1. The fraction of sp³-hybridized carbons (Fsp3) is 0.364. The van der Waals surface area contributed by atoms with Crippen LogP contribution in [0.1, 0.15) is 24.2 Å². The zero-order valence-electron chi connectivity index (χ0n) is 8.62. The maximum Gasteiger partial charge on any atom is 0.152 e. The van der Waals surface area contributed by atoms with E-state index in [9.17, 15) is 4.79 Å². The minimum atomic E-state index is 0.314. The second-order valence-electron chi connectivity index (χ2n) is 3.50. The van der Waals surface area contributed by atoms with Crippen LogP contribution in [0, 0.1) is 0 Å². The Morgan fingerprint density at radius 1 is 1.43 bits per heavy atom. The van der Waals surface area contributed by atoms with E-state index >= 15 is 0 Å². The second-order valence-corrected chi connectivity index (χ2v) is 3.91. The number of hydrogen-bond donors (Lipinski definition) is 0. The Balaban J connectivity index is 3.23. The van der Waals surface area contributed by atoms with Gasteiger partial charge in [0.25, 0.3) is 0 Å². The van der Waals surface area contributed by atoms with E-state index in [4.69, 9.17) is 11.6 Å². The van der Waals surface area contributed by atoms with E-state index in [0.29, 0.717) is 16.6 Å². The number of halogens is 1. The normalized spacial score (nSPS) is 10.4. The monoisotopic (exact) mass is 211 g/mol. The van der Waals surface area contributed by atoms with E-state index in [0.717, 1.165) is 12.0 Å².